The van der Waals surface area contributed by atoms with Crippen molar-refractivity contribution in [3.63, 3.8) is 0 Å². The molecule has 0 saturated carbocycles. The third kappa shape index (κ3) is 2.79. The van der Waals surface area contributed by atoms with Crippen LogP contribution in [0.15, 0.2) is 24.8 Å². The second kappa shape index (κ2) is 5.79. The SMILES string of the molecule is CC1(c2[nH]ncc2C(N)=O)CCCN(C(=O)c2cnccn2)C1. The lowest BCUT2D eigenvalue weighted by atomic mass is 9.77. The van der Waals surface area contributed by atoms with Gasteiger partial charge < -0.3 is 10.6 Å². The van der Waals surface area contributed by atoms with Gasteiger partial charge in [-0.1, -0.05) is 6.92 Å². The standard InChI is InChI=1S/C15H18N6O2/c1-15(12-10(13(16)22)7-19-20-12)3-2-6-21(9-15)14(23)11-8-17-4-5-18-11/h4-5,7-8H,2-3,6,9H2,1H3,(H2,16,22)(H,19,20). The van der Waals surface area contributed by atoms with Crippen LogP contribution in [0.2, 0.25) is 0 Å². The summed E-state index contributed by atoms with van der Waals surface area (Å²) in [4.78, 5) is 33.9. The van der Waals surface area contributed by atoms with Crippen LogP contribution < -0.4 is 5.73 Å². The molecule has 0 bridgehead atoms. The first-order chi connectivity index (χ1) is 11.0. The number of aromatic nitrogens is 4. The zero-order valence-electron chi connectivity index (χ0n) is 12.8. The first-order valence-electron chi connectivity index (χ1n) is 7.40. The number of nitrogens with two attached hydrogens (primary N) is 1. The summed E-state index contributed by atoms with van der Waals surface area (Å²) in [6.07, 6.45) is 7.57. The Morgan fingerprint density at radius 2 is 2.17 bits per heavy atom. The highest BCUT2D eigenvalue weighted by molar-refractivity contribution is 5.94. The molecule has 1 fully saturated rings. The van der Waals surface area contributed by atoms with Gasteiger partial charge >= 0.3 is 0 Å². The minimum Gasteiger partial charge on any atom is -0.365 e. The highest BCUT2D eigenvalue weighted by atomic mass is 16.2. The number of aromatic amines is 1. The van der Waals surface area contributed by atoms with Gasteiger partial charge in [0.2, 0.25) is 0 Å². The van der Waals surface area contributed by atoms with Crippen molar-refractivity contribution in [1.29, 1.82) is 0 Å². The summed E-state index contributed by atoms with van der Waals surface area (Å²) in [5.41, 5.74) is 6.38. The van der Waals surface area contributed by atoms with Gasteiger partial charge in [0.15, 0.2) is 0 Å². The number of carbonyl (C=O) groups excluding carboxylic acids is 2. The van der Waals surface area contributed by atoms with Gasteiger partial charge in [-0.15, -0.1) is 0 Å². The van der Waals surface area contributed by atoms with E-state index < -0.39 is 11.3 Å². The Morgan fingerprint density at radius 1 is 1.35 bits per heavy atom. The average Bonchev–Trinajstić information content (AvgIpc) is 3.06. The monoisotopic (exact) mass is 314 g/mol. The fourth-order valence-corrected chi connectivity index (χ4v) is 3.12. The minimum absolute atomic E-state index is 0.163. The summed E-state index contributed by atoms with van der Waals surface area (Å²) in [6.45, 7) is 3.11. The van der Waals surface area contributed by atoms with E-state index in [0.717, 1.165) is 12.8 Å². The molecule has 1 atom stereocenters. The van der Waals surface area contributed by atoms with Gasteiger partial charge in [0.1, 0.15) is 5.69 Å². The number of carbonyl (C=O) groups is 2. The highest BCUT2D eigenvalue weighted by Crippen LogP contribution is 2.34. The number of H-pyrrole nitrogens is 1. The summed E-state index contributed by atoms with van der Waals surface area (Å²) < 4.78 is 0. The van der Waals surface area contributed by atoms with E-state index in [0.29, 0.717) is 30.0 Å². The van der Waals surface area contributed by atoms with E-state index in [-0.39, 0.29) is 5.91 Å². The number of likely N-dealkylation sites (tertiary alicyclic amines) is 1. The quantitative estimate of drug-likeness (QED) is 0.855. The van der Waals surface area contributed by atoms with E-state index >= 15 is 0 Å². The maximum absolute atomic E-state index is 12.6. The molecule has 8 nitrogen and oxygen atoms in total. The lowest BCUT2D eigenvalue weighted by molar-refractivity contribution is 0.0640. The van der Waals surface area contributed by atoms with Gasteiger partial charge in [0.25, 0.3) is 11.8 Å². The molecule has 0 aliphatic carbocycles. The van der Waals surface area contributed by atoms with Crippen molar-refractivity contribution in [3.05, 3.63) is 41.7 Å². The van der Waals surface area contributed by atoms with Crippen LogP contribution in [0.25, 0.3) is 0 Å². The molecule has 2 aromatic heterocycles. The number of rotatable bonds is 3. The van der Waals surface area contributed by atoms with E-state index in [1.165, 1.54) is 24.8 Å². The Morgan fingerprint density at radius 3 is 2.87 bits per heavy atom. The molecule has 3 N–H and O–H groups in total. The van der Waals surface area contributed by atoms with E-state index in [4.69, 9.17) is 5.73 Å². The second-order valence-electron chi connectivity index (χ2n) is 6.00. The molecule has 0 spiro atoms. The smallest absolute Gasteiger partial charge is 0.274 e. The molecule has 0 aromatic carbocycles. The van der Waals surface area contributed by atoms with E-state index in [1.54, 1.807) is 4.90 Å². The topological polar surface area (TPSA) is 118 Å². The van der Waals surface area contributed by atoms with Gasteiger partial charge in [0.05, 0.1) is 23.7 Å². The summed E-state index contributed by atoms with van der Waals surface area (Å²) in [7, 11) is 0. The third-order valence-corrected chi connectivity index (χ3v) is 4.27. The molecule has 2 amide bonds. The van der Waals surface area contributed by atoms with Crippen LogP contribution in [0, 0.1) is 0 Å². The van der Waals surface area contributed by atoms with Crippen molar-refractivity contribution in [2.75, 3.05) is 13.1 Å². The van der Waals surface area contributed by atoms with Crippen LogP contribution in [0.5, 0.6) is 0 Å². The molecule has 1 aliphatic heterocycles. The summed E-state index contributed by atoms with van der Waals surface area (Å²) in [5.74, 6) is -0.684. The molecular formula is C15H18N6O2. The van der Waals surface area contributed by atoms with Gasteiger partial charge in [-0.05, 0) is 12.8 Å². The van der Waals surface area contributed by atoms with Crippen molar-refractivity contribution in [1.82, 2.24) is 25.1 Å². The van der Waals surface area contributed by atoms with E-state index in [1.807, 2.05) is 6.92 Å². The van der Waals surface area contributed by atoms with Gasteiger partial charge in [-0.2, -0.15) is 5.10 Å². The van der Waals surface area contributed by atoms with E-state index in [2.05, 4.69) is 20.2 Å². The van der Waals surface area contributed by atoms with Crippen LogP contribution in [0.1, 0.15) is 46.3 Å². The number of hydrogen-bond donors (Lipinski definition) is 2. The van der Waals surface area contributed by atoms with Crippen molar-refractivity contribution < 1.29 is 9.59 Å². The van der Waals surface area contributed by atoms with Crippen LogP contribution >= 0.6 is 0 Å². The molecule has 3 heterocycles. The second-order valence-corrected chi connectivity index (χ2v) is 6.00. The molecule has 2 aromatic rings. The summed E-state index contributed by atoms with van der Waals surface area (Å²) >= 11 is 0. The number of nitrogens with zero attached hydrogens (tertiary/aromatic N) is 4. The first kappa shape index (κ1) is 15.1. The maximum Gasteiger partial charge on any atom is 0.274 e. The first-order valence-corrected chi connectivity index (χ1v) is 7.40. The zero-order chi connectivity index (χ0) is 16.4. The molecule has 1 aliphatic rings. The predicted octanol–water partition coefficient (Wildman–Crippen LogP) is 0.492. The maximum atomic E-state index is 12.6. The Balaban J connectivity index is 1.87. The fourth-order valence-electron chi connectivity index (χ4n) is 3.12. The Bertz CT molecular complexity index is 729. The zero-order valence-corrected chi connectivity index (χ0v) is 12.8. The normalized spacial score (nSPS) is 21.2. The van der Waals surface area contributed by atoms with Crippen molar-refractivity contribution >= 4 is 11.8 Å². The van der Waals surface area contributed by atoms with Crippen LogP contribution in [-0.4, -0.2) is 50.0 Å². The molecule has 1 unspecified atom stereocenters. The summed E-state index contributed by atoms with van der Waals surface area (Å²) in [6, 6.07) is 0. The van der Waals surface area contributed by atoms with Gasteiger partial charge in [-0.25, -0.2) is 4.98 Å². The largest absolute Gasteiger partial charge is 0.365 e. The highest BCUT2D eigenvalue weighted by Gasteiger charge is 2.38. The lowest BCUT2D eigenvalue weighted by Gasteiger charge is -2.40. The number of primary amides is 1. The minimum atomic E-state index is -0.521. The molecular weight excluding hydrogens is 296 g/mol. The molecule has 23 heavy (non-hydrogen) atoms. The van der Waals surface area contributed by atoms with Crippen molar-refractivity contribution in [3.8, 4) is 0 Å². The number of hydrogen-bond acceptors (Lipinski definition) is 5. The van der Waals surface area contributed by atoms with Gasteiger partial charge in [-0.3, -0.25) is 19.7 Å². The number of piperidine rings is 1. The van der Waals surface area contributed by atoms with Crippen LogP contribution in [-0.2, 0) is 5.41 Å². The van der Waals surface area contributed by atoms with Gasteiger partial charge in [0, 0.05) is 30.9 Å². The Kier molecular flexibility index (Phi) is 3.81. The van der Waals surface area contributed by atoms with E-state index in [9.17, 15) is 9.59 Å². The average molecular weight is 314 g/mol. The number of amides is 2. The number of nitrogens with one attached hydrogen (secondary N) is 1. The molecule has 120 valence electrons. The summed E-state index contributed by atoms with van der Waals surface area (Å²) in [5, 5.41) is 6.82. The lowest BCUT2D eigenvalue weighted by Crippen LogP contribution is -2.48. The molecule has 0 radical (unpaired) electrons. The van der Waals surface area contributed by atoms with Crippen molar-refractivity contribution in [2.45, 2.75) is 25.2 Å². The fraction of sp³-hybridized carbons (Fsp3) is 0.400. The molecule has 1 saturated heterocycles. The molecule has 3 rings (SSSR count). The van der Waals surface area contributed by atoms with Crippen molar-refractivity contribution in [2.24, 2.45) is 5.73 Å². The van der Waals surface area contributed by atoms with Crippen LogP contribution in [0.3, 0.4) is 0 Å². The van der Waals surface area contributed by atoms with Crippen LogP contribution in [0.4, 0.5) is 0 Å². The third-order valence-electron chi connectivity index (χ3n) is 4.27. The predicted molar refractivity (Wildman–Crippen MR) is 81.6 cm³/mol. The Hall–Kier alpha value is -2.77. The molecule has 8 heteroatoms. The Labute approximate surface area is 133 Å².